The van der Waals surface area contributed by atoms with Crippen LogP contribution in [0.4, 0.5) is 5.69 Å². The van der Waals surface area contributed by atoms with Crippen LogP contribution in [0.5, 0.6) is 0 Å². The molecule has 0 unspecified atom stereocenters. The first-order chi connectivity index (χ1) is 9.66. The lowest BCUT2D eigenvalue weighted by Gasteiger charge is -2.31. The topological polar surface area (TPSA) is 53.7 Å². The Balaban J connectivity index is 2.15. The van der Waals surface area contributed by atoms with Gasteiger partial charge in [0.25, 0.3) is 0 Å². The van der Waals surface area contributed by atoms with Crippen LogP contribution in [0, 0.1) is 0 Å². The highest BCUT2D eigenvalue weighted by Gasteiger charge is 2.37. The van der Waals surface area contributed by atoms with Crippen molar-refractivity contribution in [2.45, 2.75) is 18.9 Å². The SMILES string of the molecule is C=C1C=C(O)c2c(c3ccccc3oc2=O)N1C1CC1. The van der Waals surface area contributed by atoms with E-state index in [1.54, 1.807) is 6.07 Å². The minimum absolute atomic E-state index is 0.0681. The zero-order chi connectivity index (χ0) is 13.9. The number of allylic oxidation sites excluding steroid dienone is 1. The van der Waals surface area contributed by atoms with Gasteiger partial charge in [-0.1, -0.05) is 18.7 Å². The molecule has 0 saturated heterocycles. The fraction of sp³-hybridized carbons (Fsp3) is 0.188. The summed E-state index contributed by atoms with van der Waals surface area (Å²) in [6, 6.07) is 7.74. The second-order valence-electron chi connectivity index (χ2n) is 5.23. The largest absolute Gasteiger partial charge is 0.507 e. The molecule has 2 heterocycles. The molecule has 20 heavy (non-hydrogen) atoms. The summed E-state index contributed by atoms with van der Waals surface area (Å²) in [6.07, 6.45) is 3.68. The Kier molecular flexibility index (Phi) is 2.13. The van der Waals surface area contributed by atoms with Crippen molar-refractivity contribution in [3.05, 3.63) is 58.6 Å². The molecule has 2 aliphatic rings. The van der Waals surface area contributed by atoms with Gasteiger partial charge >= 0.3 is 5.63 Å². The second kappa shape index (κ2) is 3.76. The molecule has 1 aliphatic carbocycles. The van der Waals surface area contributed by atoms with Crippen LogP contribution in [-0.4, -0.2) is 11.1 Å². The van der Waals surface area contributed by atoms with Gasteiger partial charge in [0.15, 0.2) is 0 Å². The Morgan fingerprint density at radius 3 is 2.80 bits per heavy atom. The third kappa shape index (κ3) is 1.45. The van der Waals surface area contributed by atoms with Crippen molar-refractivity contribution in [3.8, 4) is 0 Å². The molecule has 0 atom stereocenters. The number of benzene rings is 1. The molecule has 0 radical (unpaired) electrons. The lowest BCUT2D eigenvalue weighted by Crippen LogP contribution is -2.30. The summed E-state index contributed by atoms with van der Waals surface area (Å²) < 4.78 is 5.30. The van der Waals surface area contributed by atoms with Gasteiger partial charge in [-0.25, -0.2) is 4.79 Å². The van der Waals surface area contributed by atoms with Crippen molar-refractivity contribution in [2.24, 2.45) is 0 Å². The van der Waals surface area contributed by atoms with Crippen LogP contribution in [0.2, 0.25) is 0 Å². The van der Waals surface area contributed by atoms with Crippen molar-refractivity contribution >= 4 is 22.4 Å². The minimum atomic E-state index is -0.509. The molecule has 4 rings (SSSR count). The number of aliphatic hydroxyl groups excluding tert-OH is 1. The van der Waals surface area contributed by atoms with Crippen LogP contribution >= 0.6 is 0 Å². The number of fused-ring (bicyclic) bond motifs is 3. The molecule has 2 aromatic rings. The molecule has 1 aliphatic heterocycles. The number of rotatable bonds is 1. The Morgan fingerprint density at radius 1 is 1.30 bits per heavy atom. The lowest BCUT2D eigenvalue weighted by molar-refractivity contribution is 0.495. The number of hydrogen-bond donors (Lipinski definition) is 1. The number of hydrogen-bond acceptors (Lipinski definition) is 4. The molecular formula is C16H13NO3. The summed E-state index contributed by atoms with van der Waals surface area (Å²) in [5, 5.41) is 10.9. The zero-order valence-electron chi connectivity index (χ0n) is 10.8. The van der Waals surface area contributed by atoms with E-state index in [0.717, 1.165) is 23.9 Å². The van der Waals surface area contributed by atoms with Crippen molar-refractivity contribution in [3.63, 3.8) is 0 Å². The van der Waals surface area contributed by atoms with E-state index < -0.39 is 5.63 Å². The molecule has 1 aromatic carbocycles. The molecule has 0 spiro atoms. The summed E-state index contributed by atoms with van der Waals surface area (Å²) >= 11 is 0. The minimum Gasteiger partial charge on any atom is -0.507 e. The molecule has 0 bridgehead atoms. The second-order valence-corrected chi connectivity index (χ2v) is 5.23. The van der Waals surface area contributed by atoms with Crippen LogP contribution in [0.15, 0.2) is 51.8 Å². The normalized spacial score (nSPS) is 18.1. The molecule has 1 aromatic heterocycles. The van der Waals surface area contributed by atoms with E-state index in [4.69, 9.17) is 4.42 Å². The van der Waals surface area contributed by atoms with Crippen LogP contribution in [0.1, 0.15) is 18.4 Å². The predicted octanol–water partition coefficient (Wildman–Crippen LogP) is 3.19. The van der Waals surface area contributed by atoms with Gasteiger partial charge in [-0.3, -0.25) is 0 Å². The smallest absolute Gasteiger partial charge is 0.349 e. The van der Waals surface area contributed by atoms with E-state index in [2.05, 4.69) is 6.58 Å². The van der Waals surface area contributed by atoms with Crippen LogP contribution in [0.3, 0.4) is 0 Å². The number of aliphatic hydroxyl groups is 1. The van der Waals surface area contributed by atoms with Gasteiger partial charge in [-0.15, -0.1) is 0 Å². The predicted molar refractivity (Wildman–Crippen MR) is 77.7 cm³/mol. The fourth-order valence-electron chi connectivity index (χ4n) is 2.80. The third-order valence-electron chi connectivity index (χ3n) is 3.81. The highest BCUT2D eigenvalue weighted by molar-refractivity contribution is 5.99. The first kappa shape index (κ1) is 11.3. The van der Waals surface area contributed by atoms with Gasteiger partial charge in [0.2, 0.25) is 0 Å². The summed E-state index contributed by atoms with van der Waals surface area (Å²) in [5.74, 6) is -0.0681. The average Bonchev–Trinajstić information content (AvgIpc) is 3.22. The summed E-state index contributed by atoms with van der Waals surface area (Å²) in [5.41, 5.74) is 1.70. The summed E-state index contributed by atoms with van der Waals surface area (Å²) in [7, 11) is 0. The molecule has 1 saturated carbocycles. The quantitative estimate of drug-likeness (QED) is 0.806. The monoisotopic (exact) mass is 267 g/mol. The molecule has 1 N–H and O–H groups in total. The van der Waals surface area contributed by atoms with E-state index in [0.29, 0.717) is 17.3 Å². The van der Waals surface area contributed by atoms with Gasteiger partial charge in [-0.05, 0) is 25.0 Å². The average molecular weight is 267 g/mol. The highest BCUT2D eigenvalue weighted by atomic mass is 16.4. The van der Waals surface area contributed by atoms with E-state index in [-0.39, 0.29) is 11.3 Å². The highest BCUT2D eigenvalue weighted by Crippen LogP contribution is 2.43. The Morgan fingerprint density at radius 2 is 2.05 bits per heavy atom. The molecule has 1 fully saturated rings. The maximum atomic E-state index is 12.2. The van der Waals surface area contributed by atoms with E-state index in [1.165, 1.54) is 6.08 Å². The van der Waals surface area contributed by atoms with E-state index in [9.17, 15) is 9.90 Å². The van der Waals surface area contributed by atoms with Gasteiger partial charge in [-0.2, -0.15) is 0 Å². The van der Waals surface area contributed by atoms with Gasteiger partial charge in [0.1, 0.15) is 16.9 Å². The standard InChI is InChI=1S/C16H13NO3/c1-9-8-12(18)14-15(17(9)10-6-7-10)11-4-2-3-5-13(11)20-16(14)19/h2-5,8,10,18H,1,6-7H2. The number of para-hydroxylation sites is 1. The van der Waals surface area contributed by atoms with Gasteiger partial charge in [0.05, 0.1) is 5.69 Å². The van der Waals surface area contributed by atoms with Crippen LogP contribution < -0.4 is 10.5 Å². The van der Waals surface area contributed by atoms with Crippen molar-refractivity contribution < 1.29 is 9.52 Å². The molecular weight excluding hydrogens is 254 g/mol. The molecule has 0 amide bonds. The zero-order valence-corrected chi connectivity index (χ0v) is 10.8. The summed E-state index contributed by atoms with van der Waals surface area (Å²) in [4.78, 5) is 14.2. The number of anilines is 1. The number of nitrogens with zero attached hydrogens (tertiary/aromatic N) is 1. The Bertz CT molecular complexity index is 827. The first-order valence-electron chi connectivity index (χ1n) is 6.62. The molecule has 4 nitrogen and oxygen atoms in total. The maximum absolute atomic E-state index is 12.2. The van der Waals surface area contributed by atoms with E-state index in [1.807, 2.05) is 23.1 Å². The van der Waals surface area contributed by atoms with Crippen LogP contribution in [0.25, 0.3) is 16.7 Å². The van der Waals surface area contributed by atoms with Gasteiger partial charge < -0.3 is 14.4 Å². The van der Waals surface area contributed by atoms with Crippen LogP contribution in [-0.2, 0) is 0 Å². The van der Waals surface area contributed by atoms with Crippen molar-refractivity contribution in [1.82, 2.24) is 0 Å². The molecule has 100 valence electrons. The van der Waals surface area contributed by atoms with E-state index >= 15 is 0 Å². The van der Waals surface area contributed by atoms with Gasteiger partial charge in [0, 0.05) is 23.2 Å². The first-order valence-corrected chi connectivity index (χ1v) is 6.62. The fourth-order valence-corrected chi connectivity index (χ4v) is 2.80. The Labute approximate surface area is 115 Å². The van der Waals surface area contributed by atoms with Crippen molar-refractivity contribution in [1.29, 1.82) is 0 Å². The third-order valence-corrected chi connectivity index (χ3v) is 3.81. The summed E-state index contributed by atoms with van der Waals surface area (Å²) in [6.45, 7) is 4.00. The lowest BCUT2D eigenvalue weighted by atomic mass is 10.0. The molecule has 4 heteroatoms. The van der Waals surface area contributed by atoms with Crippen molar-refractivity contribution in [2.75, 3.05) is 4.90 Å². The Hall–Kier alpha value is -2.49. The maximum Gasteiger partial charge on any atom is 0.349 e.